The number of rotatable bonds is 5. The number of pyridine rings is 2. The van der Waals surface area contributed by atoms with E-state index in [0.29, 0.717) is 17.3 Å². The molecule has 1 aliphatic heterocycles. The summed E-state index contributed by atoms with van der Waals surface area (Å²) in [5, 5.41) is 3.51. The number of aryl methyl sites for hydroxylation is 2. The predicted octanol–water partition coefficient (Wildman–Crippen LogP) is 5.86. The molecule has 4 heterocycles. The third kappa shape index (κ3) is 6.06. The van der Waals surface area contributed by atoms with Gasteiger partial charge in [0.15, 0.2) is 5.65 Å². The number of aromatic nitrogens is 4. The van der Waals surface area contributed by atoms with Crippen molar-refractivity contribution in [2.75, 3.05) is 25.5 Å². The van der Waals surface area contributed by atoms with Gasteiger partial charge in [-0.05, 0) is 94.2 Å². The maximum absolute atomic E-state index is 13.0. The van der Waals surface area contributed by atoms with Gasteiger partial charge in [-0.15, -0.1) is 0 Å². The molecule has 0 unspecified atom stereocenters. The van der Waals surface area contributed by atoms with Gasteiger partial charge in [-0.3, -0.25) is 9.78 Å². The molecular formula is C29H29F3N6O. The highest BCUT2D eigenvalue weighted by molar-refractivity contribution is 6.04. The summed E-state index contributed by atoms with van der Waals surface area (Å²) in [5.74, 6) is 0.728. The SMILES string of the molecule is Cc1ccc(NC(=O)c2ccnc(C(F)(F)F)c2)cc1-c1cc2cnc(CC3CCN(C)CC3)nc2nc1C. The van der Waals surface area contributed by atoms with Gasteiger partial charge in [0.1, 0.15) is 11.5 Å². The van der Waals surface area contributed by atoms with Gasteiger partial charge >= 0.3 is 6.18 Å². The number of halogens is 3. The Balaban J connectivity index is 1.39. The monoisotopic (exact) mass is 534 g/mol. The lowest BCUT2D eigenvalue weighted by Crippen LogP contribution is -2.31. The number of alkyl halides is 3. The molecule has 10 heteroatoms. The number of carbonyl (C=O) groups is 1. The number of carbonyl (C=O) groups excluding carboxylic acids is 1. The number of likely N-dealkylation sites (tertiary alicyclic amines) is 1. The molecule has 1 N–H and O–H groups in total. The summed E-state index contributed by atoms with van der Waals surface area (Å²) < 4.78 is 39.1. The maximum Gasteiger partial charge on any atom is 0.433 e. The Bertz CT molecular complexity index is 1530. The van der Waals surface area contributed by atoms with Gasteiger partial charge in [0.05, 0.1) is 0 Å². The Hall–Kier alpha value is -3.92. The molecule has 1 aliphatic rings. The third-order valence-electron chi connectivity index (χ3n) is 7.22. The van der Waals surface area contributed by atoms with Crippen LogP contribution in [-0.2, 0) is 12.6 Å². The number of nitrogens with one attached hydrogen (secondary N) is 1. The molecule has 1 amide bonds. The highest BCUT2D eigenvalue weighted by Gasteiger charge is 2.33. The summed E-state index contributed by atoms with van der Waals surface area (Å²) in [6.07, 6.45) is 1.27. The molecule has 0 atom stereocenters. The fourth-order valence-corrected chi connectivity index (χ4v) is 4.90. The van der Waals surface area contributed by atoms with Gasteiger partial charge in [0.25, 0.3) is 5.91 Å². The average Bonchev–Trinajstić information content (AvgIpc) is 2.90. The second kappa shape index (κ2) is 10.7. The van der Waals surface area contributed by atoms with Gasteiger partial charge in [-0.1, -0.05) is 6.07 Å². The number of anilines is 1. The summed E-state index contributed by atoms with van der Waals surface area (Å²) in [5.41, 5.74) is 3.31. The second-order valence-electron chi connectivity index (χ2n) is 10.2. The number of hydrogen-bond acceptors (Lipinski definition) is 6. The topological polar surface area (TPSA) is 83.9 Å². The summed E-state index contributed by atoms with van der Waals surface area (Å²) in [4.78, 5) is 32.5. The van der Waals surface area contributed by atoms with E-state index in [1.807, 2.05) is 32.2 Å². The Morgan fingerprint density at radius 1 is 1.03 bits per heavy atom. The van der Waals surface area contributed by atoms with Gasteiger partial charge in [0.2, 0.25) is 0 Å². The number of nitrogens with zero attached hydrogens (tertiary/aromatic N) is 5. The Kier molecular flexibility index (Phi) is 7.31. The molecule has 0 radical (unpaired) electrons. The minimum atomic E-state index is -4.63. The predicted molar refractivity (Wildman–Crippen MR) is 143 cm³/mol. The molecule has 1 fully saturated rings. The molecule has 202 valence electrons. The first-order valence-electron chi connectivity index (χ1n) is 12.8. The van der Waals surface area contributed by atoms with E-state index in [9.17, 15) is 18.0 Å². The Labute approximate surface area is 224 Å². The number of hydrogen-bond donors (Lipinski definition) is 1. The lowest BCUT2D eigenvalue weighted by atomic mass is 9.93. The zero-order valence-corrected chi connectivity index (χ0v) is 22.0. The van der Waals surface area contributed by atoms with E-state index in [0.717, 1.165) is 78.2 Å². The van der Waals surface area contributed by atoms with Gasteiger partial charge in [-0.25, -0.2) is 15.0 Å². The van der Waals surface area contributed by atoms with Crippen molar-refractivity contribution in [3.63, 3.8) is 0 Å². The van der Waals surface area contributed by atoms with Crippen LogP contribution < -0.4 is 5.32 Å². The zero-order chi connectivity index (χ0) is 27.7. The molecule has 0 spiro atoms. The molecule has 7 nitrogen and oxygen atoms in total. The van der Waals surface area contributed by atoms with Crippen molar-refractivity contribution in [3.05, 3.63) is 77.1 Å². The summed E-state index contributed by atoms with van der Waals surface area (Å²) in [6, 6.07) is 9.34. The van der Waals surface area contributed by atoms with E-state index in [1.54, 1.807) is 12.1 Å². The molecule has 1 saturated heterocycles. The van der Waals surface area contributed by atoms with Crippen LogP contribution in [0.15, 0.2) is 48.8 Å². The van der Waals surface area contributed by atoms with Gasteiger partial charge in [-0.2, -0.15) is 13.2 Å². The van der Waals surface area contributed by atoms with Crippen LogP contribution in [0.5, 0.6) is 0 Å². The number of piperidine rings is 1. The van der Waals surface area contributed by atoms with Crippen molar-refractivity contribution >= 4 is 22.6 Å². The first kappa shape index (κ1) is 26.7. The molecule has 4 aromatic rings. The summed E-state index contributed by atoms with van der Waals surface area (Å²) >= 11 is 0. The van der Waals surface area contributed by atoms with Crippen molar-refractivity contribution in [3.8, 4) is 11.1 Å². The van der Waals surface area contributed by atoms with Gasteiger partial charge < -0.3 is 10.2 Å². The average molecular weight is 535 g/mol. The molecule has 39 heavy (non-hydrogen) atoms. The van der Waals surface area contributed by atoms with E-state index in [4.69, 9.17) is 9.97 Å². The minimum Gasteiger partial charge on any atom is -0.322 e. The van der Waals surface area contributed by atoms with Crippen LogP contribution in [0, 0.1) is 19.8 Å². The molecule has 5 rings (SSSR count). The smallest absolute Gasteiger partial charge is 0.322 e. The van der Waals surface area contributed by atoms with Crippen LogP contribution in [0.3, 0.4) is 0 Å². The van der Waals surface area contributed by atoms with Gasteiger partial charge in [0, 0.05) is 46.7 Å². The van der Waals surface area contributed by atoms with Crippen LogP contribution in [0.25, 0.3) is 22.2 Å². The first-order chi connectivity index (χ1) is 18.6. The minimum absolute atomic E-state index is 0.129. The van der Waals surface area contributed by atoms with Crippen molar-refractivity contribution in [2.24, 2.45) is 5.92 Å². The third-order valence-corrected chi connectivity index (χ3v) is 7.22. The van der Waals surface area contributed by atoms with Crippen LogP contribution in [0.2, 0.25) is 0 Å². The quantitative estimate of drug-likeness (QED) is 0.345. The van der Waals surface area contributed by atoms with E-state index < -0.39 is 17.8 Å². The summed E-state index contributed by atoms with van der Waals surface area (Å²) in [6.45, 7) is 6.04. The summed E-state index contributed by atoms with van der Waals surface area (Å²) in [7, 11) is 2.15. The van der Waals surface area contributed by atoms with Crippen LogP contribution in [-0.4, -0.2) is 50.9 Å². The van der Waals surface area contributed by atoms with Crippen molar-refractivity contribution < 1.29 is 18.0 Å². The largest absolute Gasteiger partial charge is 0.433 e. The molecule has 0 saturated carbocycles. The number of fused-ring (bicyclic) bond motifs is 1. The maximum atomic E-state index is 13.0. The molecule has 3 aromatic heterocycles. The van der Waals surface area contributed by atoms with E-state index in [2.05, 4.69) is 27.2 Å². The lowest BCUT2D eigenvalue weighted by molar-refractivity contribution is -0.141. The van der Waals surface area contributed by atoms with E-state index in [-0.39, 0.29) is 5.56 Å². The van der Waals surface area contributed by atoms with Crippen molar-refractivity contribution in [1.29, 1.82) is 0 Å². The normalized spacial score (nSPS) is 15.0. The Morgan fingerprint density at radius 3 is 2.54 bits per heavy atom. The highest BCUT2D eigenvalue weighted by Crippen LogP contribution is 2.32. The van der Waals surface area contributed by atoms with Crippen molar-refractivity contribution in [1.82, 2.24) is 24.8 Å². The Morgan fingerprint density at radius 2 is 1.79 bits per heavy atom. The van der Waals surface area contributed by atoms with Crippen LogP contribution >= 0.6 is 0 Å². The standard InChI is InChI=1S/C29H29F3N6O/c1-17-4-5-22(36-28(39)20-6-9-33-25(14-20)29(30,31)32)15-23(17)24-13-21-16-34-26(37-27(21)35-18(24)2)12-19-7-10-38(3)11-8-19/h4-6,9,13-16,19H,7-8,10-12H2,1-3H3,(H,36,39). The zero-order valence-electron chi connectivity index (χ0n) is 22.0. The number of amides is 1. The first-order valence-corrected chi connectivity index (χ1v) is 12.8. The van der Waals surface area contributed by atoms with E-state index >= 15 is 0 Å². The van der Waals surface area contributed by atoms with Crippen LogP contribution in [0.4, 0.5) is 18.9 Å². The second-order valence-corrected chi connectivity index (χ2v) is 10.2. The van der Waals surface area contributed by atoms with E-state index in [1.165, 1.54) is 6.07 Å². The molecular weight excluding hydrogens is 505 g/mol. The van der Waals surface area contributed by atoms with Crippen molar-refractivity contribution in [2.45, 2.75) is 39.3 Å². The highest BCUT2D eigenvalue weighted by atomic mass is 19.4. The fourth-order valence-electron chi connectivity index (χ4n) is 4.90. The molecule has 0 aliphatic carbocycles. The van der Waals surface area contributed by atoms with Crippen LogP contribution in [0.1, 0.15) is 46.0 Å². The molecule has 1 aromatic carbocycles. The number of benzene rings is 1. The molecule has 0 bridgehead atoms. The fraction of sp³-hybridized carbons (Fsp3) is 0.345. The lowest BCUT2D eigenvalue weighted by Gasteiger charge is -2.28.